The van der Waals surface area contributed by atoms with Crippen LogP contribution in [0.5, 0.6) is 0 Å². The van der Waals surface area contributed by atoms with Crippen LogP contribution in [0.15, 0.2) is 0 Å². The molecule has 2 unspecified atom stereocenters. The highest BCUT2D eigenvalue weighted by Crippen LogP contribution is 2.20. The predicted molar refractivity (Wildman–Crippen MR) is 44.9 cm³/mol. The summed E-state index contributed by atoms with van der Waals surface area (Å²) in [5.41, 5.74) is 0. The minimum absolute atomic E-state index is 0.0619. The number of hydrogen-bond acceptors (Lipinski definition) is 2. The molecule has 2 atom stereocenters. The van der Waals surface area contributed by atoms with Crippen molar-refractivity contribution < 1.29 is 9.47 Å². The molecular formula is C8H15ClO2. The van der Waals surface area contributed by atoms with Gasteiger partial charge in [-0.15, -0.1) is 11.6 Å². The number of hydrogen-bond donors (Lipinski definition) is 0. The highest BCUT2D eigenvalue weighted by atomic mass is 35.5. The van der Waals surface area contributed by atoms with E-state index in [1.165, 1.54) is 0 Å². The largest absolute Gasteiger partial charge is 0.351 e. The maximum Gasteiger partial charge on any atom is 0.173 e. The number of alkyl halides is 1. The Balaban J connectivity index is 2.05. The summed E-state index contributed by atoms with van der Waals surface area (Å²) in [6.45, 7) is 3.65. The van der Waals surface area contributed by atoms with E-state index < -0.39 is 0 Å². The molecule has 1 aliphatic heterocycles. The van der Waals surface area contributed by atoms with Gasteiger partial charge in [0.2, 0.25) is 0 Å². The minimum Gasteiger partial charge on any atom is -0.351 e. The zero-order chi connectivity index (χ0) is 8.10. The maximum absolute atomic E-state index is 5.91. The van der Waals surface area contributed by atoms with Crippen molar-refractivity contribution in [2.45, 2.75) is 37.9 Å². The van der Waals surface area contributed by atoms with Gasteiger partial charge in [-0.2, -0.15) is 0 Å². The summed E-state index contributed by atoms with van der Waals surface area (Å²) >= 11 is 5.91. The zero-order valence-electron chi connectivity index (χ0n) is 6.88. The van der Waals surface area contributed by atoms with Crippen molar-refractivity contribution in [2.24, 2.45) is 0 Å². The van der Waals surface area contributed by atoms with E-state index in [2.05, 4.69) is 6.92 Å². The smallest absolute Gasteiger partial charge is 0.173 e. The third kappa shape index (κ3) is 2.97. The molecule has 0 N–H and O–H groups in total. The van der Waals surface area contributed by atoms with Gasteiger partial charge in [0.15, 0.2) is 6.29 Å². The van der Waals surface area contributed by atoms with Gasteiger partial charge >= 0.3 is 0 Å². The van der Waals surface area contributed by atoms with Gasteiger partial charge in [-0.1, -0.05) is 13.3 Å². The van der Waals surface area contributed by atoms with Crippen molar-refractivity contribution in [3.05, 3.63) is 0 Å². The number of unbranched alkanes of at least 4 members (excludes halogenated alkanes) is 1. The van der Waals surface area contributed by atoms with Gasteiger partial charge in [-0.25, -0.2) is 0 Å². The third-order valence-electron chi connectivity index (χ3n) is 1.75. The first-order valence-electron chi connectivity index (χ1n) is 4.22. The van der Waals surface area contributed by atoms with Gasteiger partial charge < -0.3 is 9.47 Å². The average Bonchev–Trinajstić information content (AvgIpc) is 2.37. The Morgan fingerprint density at radius 2 is 2.45 bits per heavy atom. The molecule has 0 aromatic rings. The topological polar surface area (TPSA) is 18.5 Å². The van der Waals surface area contributed by atoms with Gasteiger partial charge in [0.25, 0.3) is 0 Å². The molecule has 11 heavy (non-hydrogen) atoms. The Bertz CT molecular complexity index is 108. The van der Waals surface area contributed by atoms with Crippen LogP contribution < -0.4 is 0 Å². The van der Waals surface area contributed by atoms with Crippen LogP contribution >= 0.6 is 11.6 Å². The molecule has 0 aromatic carbocycles. The van der Waals surface area contributed by atoms with Crippen molar-refractivity contribution in [3.63, 3.8) is 0 Å². The summed E-state index contributed by atoms with van der Waals surface area (Å²) in [5.74, 6) is 0. The molecule has 0 spiro atoms. The van der Waals surface area contributed by atoms with Gasteiger partial charge in [0.05, 0.1) is 12.0 Å². The Labute approximate surface area is 72.8 Å². The summed E-state index contributed by atoms with van der Waals surface area (Å²) < 4.78 is 10.7. The molecule has 0 aliphatic carbocycles. The standard InChI is InChI=1S/C8H15ClO2/c1-2-3-5-10-8-7(9)4-6-11-8/h7-8H,2-6H2,1H3. The lowest BCUT2D eigenvalue weighted by atomic mass is 10.3. The molecule has 0 saturated carbocycles. The monoisotopic (exact) mass is 178 g/mol. The van der Waals surface area contributed by atoms with Crippen LogP contribution in [0.2, 0.25) is 0 Å². The molecule has 1 rings (SSSR count). The highest BCUT2D eigenvalue weighted by molar-refractivity contribution is 6.21. The van der Waals surface area contributed by atoms with Crippen molar-refractivity contribution >= 4 is 11.6 Å². The Kier molecular flexibility index (Phi) is 4.20. The van der Waals surface area contributed by atoms with Crippen LogP contribution in [0.4, 0.5) is 0 Å². The average molecular weight is 179 g/mol. The summed E-state index contributed by atoms with van der Waals surface area (Å²) in [4.78, 5) is 0. The fourth-order valence-corrected chi connectivity index (χ4v) is 1.27. The van der Waals surface area contributed by atoms with E-state index in [0.29, 0.717) is 0 Å². The first kappa shape index (κ1) is 9.30. The van der Waals surface area contributed by atoms with Crippen molar-refractivity contribution in [1.82, 2.24) is 0 Å². The van der Waals surface area contributed by atoms with Gasteiger partial charge in [0, 0.05) is 6.61 Å². The third-order valence-corrected chi connectivity index (χ3v) is 2.18. The summed E-state index contributed by atoms with van der Waals surface area (Å²) in [7, 11) is 0. The second-order valence-corrected chi connectivity index (χ2v) is 3.33. The number of rotatable bonds is 4. The highest BCUT2D eigenvalue weighted by Gasteiger charge is 2.26. The van der Waals surface area contributed by atoms with E-state index in [9.17, 15) is 0 Å². The molecule has 0 radical (unpaired) electrons. The quantitative estimate of drug-likeness (QED) is 0.485. The minimum atomic E-state index is -0.150. The SMILES string of the molecule is CCCCOC1OCCC1Cl. The second kappa shape index (κ2) is 4.96. The normalized spacial score (nSPS) is 31.1. The van der Waals surface area contributed by atoms with Crippen LogP contribution in [0, 0.1) is 0 Å². The van der Waals surface area contributed by atoms with Crippen LogP contribution in [0.3, 0.4) is 0 Å². The van der Waals surface area contributed by atoms with E-state index in [1.807, 2.05) is 0 Å². The maximum atomic E-state index is 5.91. The predicted octanol–water partition coefficient (Wildman–Crippen LogP) is 2.16. The zero-order valence-corrected chi connectivity index (χ0v) is 7.64. The lowest BCUT2D eigenvalue weighted by molar-refractivity contribution is -0.109. The summed E-state index contributed by atoms with van der Waals surface area (Å²) in [5, 5.41) is 0.0619. The Morgan fingerprint density at radius 1 is 1.64 bits per heavy atom. The Morgan fingerprint density at radius 3 is 3.00 bits per heavy atom. The molecule has 1 saturated heterocycles. The lowest BCUT2D eigenvalue weighted by Crippen LogP contribution is -2.20. The lowest BCUT2D eigenvalue weighted by Gasteiger charge is -2.13. The van der Waals surface area contributed by atoms with E-state index in [4.69, 9.17) is 21.1 Å². The molecule has 3 heteroatoms. The van der Waals surface area contributed by atoms with E-state index >= 15 is 0 Å². The van der Waals surface area contributed by atoms with E-state index in [-0.39, 0.29) is 11.7 Å². The summed E-state index contributed by atoms with van der Waals surface area (Å²) in [6.07, 6.45) is 3.00. The fraction of sp³-hybridized carbons (Fsp3) is 1.00. The molecular weight excluding hydrogens is 164 g/mol. The number of halogens is 1. The first-order chi connectivity index (χ1) is 5.34. The van der Waals surface area contributed by atoms with Crippen LogP contribution in [-0.4, -0.2) is 24.9 Å². The van der Waals surface area contributed by atoms with Gasteiger partial charge in [0.1, 0.15) is 0 Å². The van der Waals surface area contributed by atoms with E-state index in [0.717, 1.165) is 32.5 Å². The molecule has 0 bridgehead atoms. The summed E-state index contributed by atoms with van der Waals surface area (Å²) in [6, 6.07) is 0. The second-order valence-electron chi connectivity index (χ2n) is 2.77. The van der Waals surface area contributed by atoms with Crippen molar-refractivity contribution in [3.8, 4) is 0 Å². The molecule has 0 aromatic heterocycles. The first-order valence-corrected chi connectivity index (χ1v) is 4.65. The molecule has 0 amide bonds. The fourth-order valence-electron chi connectivity index (χ4n) is 1.03. The molecule has 66 valence electrons. The molecule has 2 nitrogen and oxygen atoms in total. The molecule has 1 heterocycles. The Hall–Kier alpha value is 0.210. The van der Waals surface area contributed by atoms with Crippen LogP contribution in [0.25, 0.3) is 0 Å². The molecule has 1 fully saturated rings. The van der Waals surface area contributed by atoms with Gasteiger partial charge in [-0.3, -0.25) is 0 Å². The molecule has 1 aliphatic rings. The van der Waals surface area contributed by atoms with Crippen molar-refractivity contribution in [1.29, 1.82) is 0 Å². The number of ether oxygens (including phenoxy) is 2. The van der Waals surface area contributed by atoms with Crippen LogP contribution in [0.1, 0.15) is 26.2 Å². The van der Waals surface area contributed by atoms with Crippen LogP contribution in [-0.2, 0) is 9.47 Å². The van der Waals surface area contributed by atoms with Crippen molar-refractivity contribution in [2.75, 3.05) is 13.2 Å². The van der Waals surface area contributed by atoms with Gasteiger partial charge in [-0.05, 0) is 12.8 Å². The van der Waals surface area contributed by atoms with E-state index in [1.54, 1.807) is 0 Å².